The highest BCUT2D eigenvalue weighted by Gasteiger charge is 2.32. The summed E-state index contributed by atoms with van der Waals surface area (Å²) in [5.41, 5.74) is 5.43. The summed E-state index contributed by atoms with van der Waals surface area (Å²) in [6, 6.07) is 17.4. The number of nitrogens with zero attached hydrogens (tertiary/aromatic N) is 1. The van der Waals surface area contributed by atoms with E-state index in [2.05, 4.69) is 9.64 Å². The van der Waals surface area contributed by atoms with Crippen LogP contribution in [0, 0.1) is 0 Å². The van der Waals surface area contributed by atoms with E-state index in [1.165, 1.54) is 12.1 Å². The number of halogens is 5. The van der Waals surface area contributed by atoms with Crippen LogP contribution in [0.15, 0.2) is 60.7 Å². The van der Waals surface area contributed by atoms with Crippen molar-refractivity contribution in [3.05, 3.63) is 87.9 Å². The maximum absolute atomic E-state index is 12.8. The van der Waals surface area contributed by atoms with Crippen molar-refractivity contribution in [1.29, 1.82) is 0 Å². The van der Waals surface area contributed by atoms with Crippen molar-refractivity contribution in [2.45, 2.75) is 52.0 Å². The lowest BCUT2D eigenvalue weighted by molar-refractivity contribution is -0.274. The molecule has 5 rings (SSSR count). The van der Waals surface area contributed by atoms with E-state index in [0.717, 1.165) is 72.5 Å². The number of phenolic OH excluding ortho intramolecular Hbond substituents is 1. The second-order valence-electron chi connectivity index (χ2n) is 10.1. The molecule has 3 aromatic rings. The van der Waals surface area contributed by atoms with E-state index in [0.29, 0.717) is 18.4 Å². The number of benzene rings is 3. The highest BCUT2D eigenvalue weighted by molar-refractivity contribution is 6.32. The number of allylic oxidation sites excluding steroid dienone is 1. The Hall–Kier alpha value is -3.23. The van der Waals surface area contributed by atoms with Gasteiger partial charge in [0.15, 0.2) is 0 Å². The summed E-state index contributed by atoms with van der Waals surface area (Å²) in [6.45, 7) is 2.07. The lowest BCUT2D eigenvalue weighted by Gasteiger charge is -2.19. The standard InChI is InChI=1S/C31H30ClF4NO3.CH4/c32-28-18-22(7-12-29(28)40-31(34,35)36)26-4-1-3-21-17-23(38)8-11-27(21)30(26)20-5-9-24(10-6-20)39-25-13-16-37(19-25)15-2-14-33;/h5-12,17-18,25,38H,1-4,13-16,19H2;1H4/t25-;/m0./s1. The van der Waals surface area contributed by atoms with E-state index in [1.54, 1.807) is 18.2 Å². The first-order valence-electron chi connectivity index (χ1n) is 13.4. The molecule has 1 fully saturated rings. The normalized spacial score (nSPS) is 17.5. The van der Waals surface area contributed by atoms with Gasteiger partial charge in [-0.3, -0.25) is 9.29 Å². The van der Waals surface area contributed by atoms with E-state index < -0.39 is 12.1 Å². The lowest BCUT2D eigenvalue weighted by atomic mass is 9.88. The Bertz CT molecular complexity index is 1370. The first kappa shape index (κ1) is 30.7. The molecule has 0 radical (unpaired) electrons. The molecule has 9 heteroatoms. The SMILES string of the molecule is C.Oc1ccc2c(c1)CCCC(c1ccc(OC(F)(F)F)c(Cl)c1)=C2c1ccc(O[C@H]2CCN(CCCF)C2)cc1. The molecule has 0 amide bonds. The highest BCUT2D eigenvalue weighted by atomic mass is 35.5. The lowest BCUT2D eigenvalue weighted by Crippen LogP contribution is -2.26. The van der Waals surface area contributed by atoms with Gasteiger partial charge >= 0.3 is 6.36 Å². The summed E-state index contributed by atoms with van der Waals surface area (Å²) >= 11 is 6.23. The monoisotopic (exact) mass is 591 g/mol. The average Bonchev–Trinajstić information content (AvgIpc) is 3.27. The molecule has 3 aromatic carbocycles. The van der Waals surface area contributed by atoms with Crippen LogP contribution in [0.4, 0.5) is 17.6 Å². The number of phenols is 1. The van der Waals surface area contributed by atoms with E-state index >= 15 is 0 Å². The second kappa shape index (κ2) is 13.2. The summed E-state index contributed by atoms with van der Waals surface area (Å²) in [5, 5.41) is 10.0. The van der Waals surface area contributed by atoms with Crippen molar-refractivity contribution >= 4 is 22.7 Å². The molecule has 1 N–H and O–H groups in total. The molecule has 0 bridgehead atoms. The van der Waals surface area contributed by atoms with Crippen molar-refractivity contribution in [2.75, 3.05) is 26.3 Å². The van der Waals surface area contributed by atoms with E-state index in [9.17, 15) is 22.7 Å². The average molecular weight is 592 g/mol. The third-order valence-corrected chi connectivity index (χ3v) is 7.62. The molecule has 0 unspecified atom stereocenters. The van der Waals surface area contributed by atoms with Crippen LogP contribution in [-0.4, -0.2) is 48.8 Å². The number of aromatic hydroxyl groups is 1. The number of hydrogen-bond donors (Lipinski definition) is 1. The van der Waals surface area contributed by atoms with E-state index in [-0.39, 0.29) is 31.0 Å². The van der Waals surface area contributed by atoms with E-state index in [4.69, 9.17) is 16.3 Å². The largest absolute Gasteiger partial charge is 0.573 e. The minimum atomic E-state index is -4.84. The fourth-order valence-electron chi connectivity index (χ4n) is 5.56. The minimum absolute atomic E-state index is 0. The molecule has 1 aliphatic heterocycles. The van der Waals surface area contributed by atoms with Gasteiger partial charge in [-0.2, -0.15) is 0 Å². The van der Waals surface area contributed by atoms with Gasteiger partial charge in [0.2, 0.25) is 0 Å². The predicted molar refractivity (Wildman–Crippen MR) is 154 cm³/mol. The van der Waals surface area contributed by atoms with Crippen molar-refractivity contribution in [2.24, 2.45) is 0 Å². The molecule has 220 valence electrons. The highest BCUT2D eigenvalue weighted by Crippen LogP contribution is 2.43. The summed E-state index contributed by atoms with van der Waals surface area (Å²) in [4.78, 5) is 2.21. The van der Waals surface area contributed by atoms with Crippen LogP contribution in [0.1, 0.15) is 55.4 Å². The fraction of sp³-hybridized carbons (Fsp3) is 0.375. The Kier molecular flexibility index (Phi) is 9.87. The predicted octanol–water partition coefficient (Wildman–Crippen LogP) is 8.69. The summed E-state index contributed by atoms with van der Waals surface area (Å²) in [7, 11) is 0. The van der Waals surface area contributed by atoms with Gasteiger partial charge in [-0.15, -0.1) is 13.2 Å². The maximum Gasteiger partial charge on any atom is 0.573 e. The first-order chi connectivity index (χ1) is 19.2. The third-order valence-electron chi connectivity index (χ3n) is 7.32. The quantitative estimate of drug-likeness (QED) is 0.266. The molecule has 0 aromatic heterocycles. The maximum atomic E-state index is 12.8. The molecule has 0 saturated carbocycles. The molecule has 1 aliphatic carbocycles. The minimum Gasteiger partial charge on any atom is -0.508 e. The summed E-state index contributed by atoms with van der Waals surface area (Å²) < 4.78 is 61.2. The Morgan fingerprint density at radius 1 is 0.976 bits per heavy atom. The number of ether oxygens (including phenoxy) is 2. The Morgan fingerprint density at radius 2 is 1.73 bits per heavy atom. The molecule has 4 nitrogen and oxygen atoms in total. The van der Waals surface area contributed by atoms with Crippen LogP contribution in [-0.2, 0) is 6.42 Å². The molecule has 1 heterocycles. The molecule has 0 spiro atoms. The van der Waals surface area contributed by atoms with Gasteiger partial charge in [0.05, 0.1) is 11.7 Å². The van der Waals surface area contributed by atoms with Gasteiger partial charge < -0.3 is 14.6 Å². The van der Waals surface area contributed by atoms with Gasteiger partial charge in [0, 0.05) is 19.6 Å². The Balaban J connectivity index is 0.00000387. The van der Waals surface area contributed by atoms with Crippen molar-refractivity contribution in [3.63, 3.8) is 0 Å². The van der Waals surface area contributed by atoms with Crippen LogP contribution in [0.5, 0.6) is 17.2 Å². The molecule has 1 saturated heterocycles. The van der Waals surface area contributed by atoms with Gasteiger partial charge in [0.1, 0.15) is 23.4 Å². The topological polar surface area (TPSA) is 41.9 Å². The molecular formula is C32H34ClF4NO3. The number of alkyl halides is 4. The van der Waals surface area contributed by atoms with Crippen LogP contribution >= 0.6 is 11.6 Å². The summed E-state index contributed by atoms with van der Waals surface area (Å²) in [5.74, 6) is 0.467. The van der Waals surface area contributed by atoms with Crippen LogP contribution < -0.4 is 9.47 Å². The zero-order chi connectivity index (χ0) is 28.3. The Morgan fingerprint density at radius 3 is 2.44 bits per heavy atom. The van der Waals surface area contributed by atoms with Crippen molar-refractivity contribution in [3.8, 4) is 17.2 Å². The van der Waals surface area contributed by atoms with Crippen molar-refractivity contribution < 1.29 is 32.1 Å². The molecule has 2 aliphatic rings. The Labute approximate surface area is 243 Å². The second-order valence-corrected chi connectivity index (χ2v) is 10.5. The van der Waals surface area contributed by atoms with Gasteiger partial charge in [0.25, 0.3) is 0 Å². The van der Waals surface area contributed by atoms with Crippen LogP contribution in [0.25, 0.3) is 11.1 Å². The number of likely N-dealkylation sites (tertiary alicyclic amines) is 1. The van der Waals surface area contributed by atoms with Gasteiger partial charge in [-0.05, 0) is 102 Å². The third kappa shape index (κ3) is 7.54. The number of aryl methyl sites for hydroxylation is 1. The van der Waals surface area contributed by atoms with Crippen LogP contribution in [0.3, 0.4) is 0 Å². The van der Waals surface area contributed by atoms with Gasteiger partial charge in [-0.1, -0.05) is 43.3 Å². The zero-order valence-electron chi connectivity index (χ0n) is 21.8. The van der Waals surface area contributed by atoms with Gasteiger partial charge in [-0.25, -0.2) is 0 Å². The molecule has 1 atom stereocenters. The molecule has 41 heavy (non-hydrogen) atoms. The van der Waals surface area contributed by atoms with E-state index in [1.807, 2.05) is 30.3 Å². The van der Waals surface area contributed by atoms with Crippen LogP contribution in [0.2, 0.25) is 5.02 Å². The number of hydrogen-bond acceptors (Lipinski definition) is 4. The summed E-state index contributed by atoms with van der Waals surface area (Å²) in [6.07, 6.45) is -1.20. The zero-order valence-corrected chi connectivity index (χ0v) is 22.6. The number of fused-ring (bicyclic) bond motifs is 1. The van der Waals surface area contributed by atoms with Crippen molar-refractivity contribution in [1.82, 2.24) is 4.90 Å². The smallest absolute Gasteiger partial charge is 0.508 e. The molecular weight excluding hydrogens is 558 g/mol. The fourth-order valence-corrected chi connectivity index (χ4v) is 5.78. The first-order valence-corrected chi connectivity index (χ1v) is 13.7. The number of rotatable bonds is 8.